The number of aromatic nitrogens is 2. The zero-order chi connectivity index (χ0) is 24.3. The Morgan fingerprint density at radius 3 is 2.68 bits per heavy atom. The lowest BCUT2D eigenvalue weighted by molar-refractivity contribution is -0.137. The molecule has 0 unspecified atom stereocenters. The van der Waals surface area contributed by atoms with Crippen molar-refractivity contribution in [2.75, 3.05) is 28.3 Å². The minimum Gasteiger partial charge on any atom is -0.495 e. The third kappa shape index (κ3) is 4.97. The summed E-state index contributed by atoms with van der Waals surface area (Å²) in [7, 11) is 1.42. The maximum atomic E-state index is 13.7. The van der Waals surface area contributed by atoms with Gasteiger partial charge in [-0.3, -0.25) is 5.21 Å². The molecule has 1 aliphatic heterocycles. The molecule has 2 aromatic carbocycles. The Bertz CT molecular complexity index is 1220. The lowest BCUT2D eigenvalue weighted by Crippen LogP contribution is -2.13. The molecule has 1 aliphatic rings. The number of ether oxygens (including phenoxy) is 1. The van der Waals surface area contributed by atoms with Gasteiger partial charge in [0.15, 0.2) is 0 Å². The number of nitrogens with zero attached hydrogens (tertiary/aromatic N) is 3. The summed E-state index contributed by atoms with van der Waals surface area (Å²) < 4.78 is 46.4. The second-order valence-corrected chi connectivity index (χ2v) is 7.15. The van der Waals surface area contributed by atoms with Crippen LogP contribution in [0.5, 0.6) is 5.75 Å². The van der Waals surface area contributed by atoms with Gasteiger partial charge < -0.3 is 20.7 Å². The number of nitrogens with one attached hydrogen (secondary N) is 3. The number of hydrogen-bond acceptors (Lipinski definition) is 9. The van der Waals surface area contributed by atoms with Crippen molar-refractivity contribution in [3.63, 3.8) is 0 Å². The van der Waals surface area contributed by atoms with E-state index in [0.717, 1.165) is 5.56 Å². The summed E-state index contributed by atoms with van der Waals surface area (Å²) in [5.74, 6) is -0.213. The van der Waals surface area contributed by atoms with Crippen LogP contribution < -0.4 is 25.9 Å². The highest BCUT2D eigenvalue weighted by Gasteiger charge is 2.35. The lowest BCUT2D eigenvalue weighted by Gasteiger charge is -2.17. The standard InChI is InChI=1S/C22H21F3N6O3/c1-3-8-26-14-6-7-19(33-2)17(9-14)29-20-16(22(23,24)25)11-27-21(30-20)28-15-5-4-13-12-34-31(32)18(13)10-15/h3-11,26,32H,12H2,1-2H3,(H2,27,28,29,30). The van der Waals surface area contributed by atoms with Crippen LogP contribution in [0.4, 0.5) is 47.7 Å². The molecule has 4 rings (SSSR count). The van der Waals surface area contributed by atoms with Gasteiger partial charge in [0.05, 0.1) is 12.8 Å². The van der Waals surface area contributed by atoms with Crippen LogP contribution in [0.25, 0.3) is 0 Å². The lowest BCUT2D eigenvalue weighted by atomic mass is 10.2. The third-order valence-electron chi connectivity index (χ3n) is 4.85. The number of alkyl halides is 3. The van der Waals surface area contributed by atoms with Gasteiger partial charge in [-0.25, -0.2) is 9.82 Å². The molecule has 0 atom stereocenters. The molecule has 178 valence electrons. The van der Waals surface area contributed by atoms with E-state index in [1.165, 1.54) is 7.11 Å². The first-order chi connectivity index (χ1) is 16.3. The highest BCUT2D eigenvalue weighted by molar-refractivity contribution is 5.72. The number of anilines is 6. The van der Waals surface area contributed by atoms with Crippen molar-refractivity contribution in [1.29, 1.82) is 0 Å². The van der Waals surface area contributed by atoms with E-state index in [1.54, 1.807) is 48.7 Å². The van der Waals surface area contributed by atoms with Gasteiger partial charge >= 0.3 is 6.18 Å². The molecule has 0 bridgehead atoms. The third-order valence-corrected chi connectivity index (χ3v) is 4.85. The molecule has 3 aromatic rings. The van der Waals surface area contributed by atoms with E-state index in [2.05, 4.69) is 25.9 Å². The SMILES string of the molecule is CC=CNc1ccc(OC)c(Nc2nc(Nc3ccc4c(c3)N(O)OC4)ncc2C(F)(F)F)c1. The maximum absolute atomic E-state index is 13.7. The summed E-state index contributed by atoms with van der Waals surface area (Å²) in [4.78, 5) is 12.9. The second kappa shape index (κ2) is 9.45. The largest absolute Gasteiger partial charge is 0.495 e. The van der Waals surface area contributed by atoms with Crippen molar-refractivity contribution in [2.45, 2.75) is 19.7 Å². The molecule has 0 saturated carbocycles. The Kier molecular flexibility index (Phi) is 6.43. The smallest absolute Gasteiger partial charge is 0.421 e. The first-order valence-corrected chi connectivity index (χ1v) is 10.1. The summed E-state index contributed by atoms with van der Waals surface area (Å²) in [6.07, 6.45) is -0.532. The van der Waals surface area contributed by atoms with Gasteiger partial charge in [0, 0.05) is 23.1 Å². The van der Waals surface area contributed by atoms with Gasteiger partial charge in [0.2, 0.25) is 5.95 Å². The number of allylic oxidation sites excluding steroid dienone is 1. The Hall–Kier alpha value is -4.03. The fourth-order valence-electron chi connectivity index (χ4n) is 3.22. The first kappa shape index (κ1) is 23.1. The predicted molar refractivity (Wildman–Crippen MR) is 121 cm³/mol. The Morgan fingerprint density at radius 1 is 1.15 bits per heavy atom. The molecule has 0 fully saturated rings. The number of fused-ring (bicyclic) bond motifs is 1. The summed E-state index contributed by atoms with van der Waals surface area (Å²) in [6, 6.07) is 9.90. The van der Waals surface area contributed by atoms with Crippen LogP contribution in [0.15, 0.2) is 54.9 Å². The summed E-state index contributed by atoms with van der Waals surface area (Å²) in [5.41, 5.74) is 1.47. The molecule has 12 heteroatoms. The van der Waals surface area contributed by atoms with E-state index in [1.807, 2.05) is 6.92 Å². The quantitative estimate of drug-likeness (QED) is 0.349. The predicted octanol–water partition coefficient (Wildman–Crippen LogP) is 5.58. The van der Waals surface area contributed by atoms with E-state index >= 15 is 0 Å². The molecule has 4 N–H and O–H groups in total. The number of halogens is 3. The van der Waals surface area contributed by atoms with E-state index in [-0.39, 0.29) is 18.2 Å². The van der Waals surface area contributed by atoms with Gasteiger partial charge in [-0.05, 0) is 43.5 Å². The molecule has 9 nitrogen and oxygen atoms in total. The van der Waals surface area contributed by atoms with Gasteiger partial charge in [-0.1, -0.05) is 12.1 Å². The summed E-state index contributed by atoms with van der Waals surface area (Å²) in [6.45, 7) is 2.04. The van der Waals surface area contributed by atoms with Crippen LogP contribution in [0.2, 0.25) is 0 Å². The summed E-state index contributed by atoms with van der Waals surface area (Å²) in [5, 5.41) is 18.9. The molecule has 0 amide bonds. The number of methoxy groups -OCH3 is 1. The molecule has 0 spiro atoms. The topological polar surface area (TPSA) is 104 Å². The van der Waals surface area contributed by atoms with Crippen molar-refractivity contribution >= 4 is 34.5 Å². The molecule has 0 radical (unpaired) electrons. The molecular formula is C22H21F3N6O3. The highest BCUT2D eigenvalue weighted by atomic mass is 19.4. The number of benzene rings is 2. The Balaban J connectivity index is 1.68. The number of hydrogen-bond donors (Lipinski definition) is 4. The average Bonchev–Trinajstić information content (AvgIpc) is 3.17. The summed E-state index contributed by atoms with van der Waals surface area (Å²) >= 11 is 0. The number of rotatable bonds is 7. The van der Waals surface area contributed by atoms with E-state index in [9.17, 15) is 18.4 Å². The normalized spacial score (nSPS) is 13.2. The van der Waals surface area contributed by atoms with Crippen molar-refractivity contribution in [2.24, 2.45) is 0 Å². The Morgan fingerprint density at radius 2 is 1.94 bits per heavy atom. The van der Waals surface area contributed by atoms with Gasteiger partial charge in [-0.2, -0.15) is 18.2 Å². The molecule has 1 aromatic heterocycles. The van der Waals surface area contributed by atoms with Crippen molar-refractivity contribution in [3.8, 4) is 5.75 Å². The molecule has 2 heterocycles. The van der Waals surface area contributed by atoms with Gasteiger partial charge in [0.1, 0.15) is 29.4 Å². The first-order valence-electron chi connectivity index (χ1n) is 10.1. The van der Waals surface area contributed by atoms with E-state index < -0.39 is 17.6 Å². The highest BCUT2D eigenvalue weighted by Crippen LogP contribution is 2.38. The molecule has 0 aliphatic carbocycles. The molecule has 34 heavy (non-hydrogen) atoms. The van der Waals surface area contributed by atoms with Gasteiger partial charge in [0.25, 0.3) is 0 Å². The minimum absolute atomic E-state index is 0.0824. The monoisotopic (exact) mass is 474 g/mol. The maximum Gasteiger partial charge on any atom is 0.421 e. The fourth-order valence-corrected chi connectivity index (χ4v) is 3.22. The molecule has 0 saturated heterocycles. The van der Waals surface area contributed by atoms with Crippen LogP contribution >= 0.6 is 0 Å². The van der Waals surface area contributed by atoms with E-state index in [0.29, 0.717) is 34.2 Å². The average molecular weight is 474 g/mol. The van der Waals surface area contributed by atoms with Crippen molar-refractivity contribution in [3.05, 3.63) is 66.0 Å². The minimum atomic E-state index is -4.70. The van der Waals surface area contributed by atoms with Gasteiger partial charge in [-0.15, -0.1) is 5.23 Å². The van der Waals surface area contributed by atoms with Crippen LogP contribution in [-0.2, 0) is 17.6 Å². The molecular weight excluding hydrogens is 453 g/mol. The Labute approximate surface area is 192 Å². The van der Waals surface area contributed by atoms with Crippen LogP contribution in [0.3, 0.4) is 0 Å². The fraction of sp³-hybridized carbons (Fsp3) is 0.182. The van der Waals surface area contributed by atoms with Crippen molar-refractivity contribution in [1.82, 2.24) is 9.97 Å². The zero-order valence-electron chi connectivity index (χ0n) is 18.1. The van der Waals surface area contributed by atoms with Crippen LogP contribution in [0, 0.1) is 0 Å². The van der Waals surface area contributed by atoms with Crippen LogP contribution in [0.1, 0.15) is 18.1 Å². The zero-order valence-corrected chi connectivity index (χ0v) is 18.1. The second-order valence-electron chi connectivity index (χ2n) is 7.15. The van der Waals surface area contributed by atoms with E-state index in [4.69, 9.17) is 9.57 Å². The van der Waals surface area contributed by atoms with Crippen molar-refractivity contribution < 1.29 is 28.0 Å². The van der Waals surface area contributed by atoms with Crippen LogP contribution in [-0.4, -0.2) is 22.3 Å².